The van der Waals surface area contributed by atoms with Gasteiger partial charge in [-0.15, -0.1) is 0 Å². The smallest absolute Gasteiger partial charge is 0.402 e. The van der Waals surface area contributed by atoms with Crippen LogP contribution in [0.4, 0.5) is 26.3 Å². The van der Waals surface area contributed by atoms with Crippen molar-refractivity contribution in [3.05, 3.63) is 59.7 Å². The predicted octanol–water partition coefficient (Wildman–Crippen LogP) is 5.10. The first-order valence-electron chi connectivity index (χ1n) is 8.94. The van der Waals surface area contributed by atoms with Gasteiger partial charge in [-0.25, -0.2) is 0 Å². The number of halogens is 6. The third-order valence-electron chi connectivity index (χ3n) is 4.17. The lowest BCUT2D eigenvalue weighted by atomic mass is 9.82. The average Bonchev–Trinajstić information content (AvgIpc) is 2.62. The van der Waals surface area contributed by atoms with Crippen molar-refractivity contribution in [3.63, 3.8) is 0 Å². The van der Waals surface area contributed by atoms with Crippen LogP contribution in [0.1, 0.15) is 36.8 Å². The van der Waals surface area contributed by atoms with Crippen molar-refractivity contribution in [2.75, 3.05) is 0 Å². The lowest BCUT2D eigenvalue weighted by molar-refractivity contribution is -0.183. The second-order valence-electron chi connectivity index (χ2n) is 6.68. The second-order valence-corrected chi connectivity index (χ2v) is 6.68. The fourth-order valence-corrected chi connectivity index (χ4v) is 2.98. The van der Waals surface area contributed by atoms with Gasteiger partial charge in [0.25, 0.3) is 0 Å². The third-order valence-corrected chi connectivity index (χ3v) is 4.17. The summed E-state index contributed by atoms with van der Waals surface area (Å²) in [5.41, 5.74) is -1.49. The summed E-state index contributed by atoms with van der Waals surface area (Å²) >= 11 is 0. The number of hydrogen-bond donors (Lipinski definition) is 0. The number of Topliss-reactive ketones (excluding diaryl/α,β-unsaturated/α-hetero) is 1. The van der Waals surface area contributed by atoms with Crippen molar-refractivity contribution >= 4 is 17.7 Å². The summed E-state index contributed by atoms with van der Waals surface area (Å²) in [5, 5.41) is 0. The normalized spacial score (nSPS) is 13.8. The molecule has 0 aliphatic rings. The molecule has 0 fully saturated rings. The summed E-state index contributed by atoms with van der Waals surface area (Å²) in [6, 6.07) is 6.85. The van der Waals surface area contributed by atoms with Crippen molar-refractivity contribution in [1.82, 2.24) is 0 Å². The molecule has 2 atom stereocenters. The van der Waals surface area contributed by atoms with Gasteiger partial charge in [0.15, 0.2) is 5.78 Å². The highest BCUT2D eigenvalue weighted by Gasteiger charge is 2.55. The molecular weight excluding hydrogens is 446 g/mol. The Morgan fingerprint density at radius 3 is 1.12 bits per heavy atom. The van der Waals surface area contributed by atoms with E-state index in [1.165, 1.54) is 0 Å². The lowest BCUT2D eigenvalue weighted by Gasteiger charge is -2.26. The van der Waals surface area contributed by atoms with Crippen LogP contribution in [-0.4, -0.2) is 30.1 Å². The van der Waals surface area contributed by atoms with Gasteiger partial charge in [-0.05, 0) is 35.4 Å². The van der Waals surface area contributed by atoms with Gasteiger partial charge < -0.3 is 9.47 Å². The van der Waals surface area contributed by atoms with Gasteiger partial charge in [0, 0.05) is 13.8 Å². The van der Waals surface area contributed by atoms with E-state index in [0.717, 1.165) is 62.4 Å². The highest BCUT2D eigenvalue weighted by Crippen LogP contribution is 2.45. The van der Waals surface area contributed by atoms with Crippen LogP contribution in [0, 0.1) is 0 Å². The standard InChI is InChI=1S/C21H16F6O5/c1-11(28)31-15-7-3-13(4-8-15)17(20(22,23)24)19(30)18(21(25,26)27)14-5-9-16(10-6-14)32-12(2)29/h3-10,17-18H,1-2H3. The number of hydrogen-bond acceptors (Lipinski definition) is 5. The van der Waals surface area contributed by atoms with Gasteiger partial charge in [-0.3, -0.25) is 14.4 Å². The molecule has 5 nitrogen and oxygen atoms in total. The molecule has 0 saturated heterocycles. The van der Waals surface area contributed by atoms with Gasteiger partial charge >= 0.3 is 24.3 Å². The summed E-state index contributed by atoms with van der Waals surface area (Å²) in [6.07, 6.45) is -10.7. The van der Waals surface area contributed by atoms with Crippen molar-refractivity contribution in [1.29, 1.82) is 0 Å². The zero-order valence-corrected chi connectivity index (χ0v) is 16.6. The highest BCUT2D eigenvalue weighted by molar-refractivity contribution is 5.93. The van der Waals surface area contributed by atoms with Crippen molar-refractivity contribution in [3.8, 4) is 11.5 Å². The van der Waals surface area contributed by atoms with Crippen LogP contribution >= 0.6 is 0 Å². The zero-order chi connectivity index (χ0) is 24.3. The van der Waals surface area contributed by atoms with Crippen LogP contribution in [0.5, 0.6) is 11.5 Å². The molecule has 2 aromatic carbocycles. The SMILES string of the molecule is CC(=O)Oc1ccc(C(C(=O)C(c2ccc(OC(C)=O)cc2)C(F)(F)F)C(F)(F)F)cc1. The van der Waals surface area contributed by atoms with Crippen LogP contribution < -0.4 is 9.47 Å². The molecule has 0 saturated carbocycles. The number of carbonyl (C=O) groups excluding carboxylic acids is 3. The van der Waals surface area contributed by atoms with E-state index in [-0.39, 0.29) is 11.5 Å². The first-order chi connectivity index (χ1) is 14.7. The number of rotatable bonds is 6. The molecule has 2 unspecified atom stereocenters. The first-order valence-corrected chi connectivity index (χ1v) is 8.94. The minimum atomic E-state index is -5.33. The Bertz CT molecular complexity index is 898. The average molecular weight is 462 g/mol. The fourth-order valence-electron chi connectivity index (χ4n) is 2.98. The molecule has 0 spiro atoms. The Hall–Kier alpha value is -3.37. The van der Waals surface area contributed by atoms with E-state index < -0.39 is 53.0 Å². The molecule has 0 radical (unpaired) electrons. The Labute approximate surface area is 177 Å². The van der Waals surface area contributed by atoms with E-state index in [1.807, 2.05) is 0 Å². The Morgan fingerprint density at radius 2 is 0.906 bits per heavy atom. The molecule has 0 aromatic heterocycles. The molecule has 2 rings (SSSR count). The largest absolute Gasteiger partial charge is 0.427 e. The molecule has 172 valence electrons. The van der Waals surface area contributed by atoms with E-state index in [9.17, 15) is 40.7 Å². The number of ketones is 1. The molecule has 0 bridgehead atoms. The second kappa shape index (κ2) is 9.41. The molecular formula is C21H16F6O5. The van der Waals surface area contributed by atoms with Crippen molar-refractivity contribution in [2.45, 2.75) is 38.0 Å². The summed E-state index contributed by atoms with van der Waals surface area (Å²) in [6.45, 7) is 2.10. The minimum absolute atomic E-state index is 0.136. The van der Waals surface area contributed by atoms with E-state index in [1.54, 1.807) is 0 Å². The van der Waals surface area contributed by atoms with Gasteiger partial charge in [0.05, 0.1) is 0 Å². The number of carbonyl (C=O) groups is 3. The fraction of sp³-hybridized carbons (Fsp3) is 0.286. The molecule has 0 N–H and O–H groups in total. The van der Waals surface area contributed by atoms with E-state index in [2.05, 4.69) is 9.47 Å². The summed E-state index contributed by atoms with van der Waals surface area (Å²) in [5.74, 6) is -10.1. The molecule has 0 aliphatic heterocycles. The van der Waals surface area contributed by atoms with Crippen molar-refractivity contribution < 1.29 is 50.2 Å². The summed E-state index contributed by atoms with van der Waals surface area (Å²) in [7, 11) is 0. The predicted molar refractivity (Wildman–Crippen MR) is 98.1 cm³/mol. The van der Waals surface area contributed by atoms with Gasteiger partial charge in [0.1, 0.15) is 23.3 Å². The third kappa shape index (κ3) is 6.32. The molecule has 0 amide bonds. The molecule has 2 aromatic rings. The minimum Gasteiger partial charge on any atom is -0.427 e. The zero-order valence-electron chi connectivity index (χ0n) is 16.6. The quantitative estimate of drug-likeness (QED) is 0.340. The van der Waals surface area contributed by atoms with Crippen LogP contribution in [0.15, 0.2) is 48.5 Å². The maximum atomic E-state index is 13.7. The Kier molecular flexibility index (Phi) is 7.32. The summed E-state index contributed by atoms with van der Waals surface area (Å²) < 4.78 is 91.6. The van der Waals surface area contributed by atoms with Crippen LogP contribution in [0.2, 0.25) is 0 Å². The van der Waals surface area contributed by atoms with E-state index >= 15 is 0 Å². The van der Waals surface area contributed by atoms with Gasteiger partial charge in [0.2, 0.25) is 0 Å². The maximum absolute atomic E-state index is 13.7. The molecule has 11 heteroatoms. The van der Waals surface area contributed by atoms with Gasteiger partial charge in [-0.1, -0.05) is 24.3 Å². The first kappa shape index (κ1) is 24.9. The number of esters is 2. The van der Waals surface area contributed by atoms with Crippen molar-refractivity contribution in [2.24, 2.45) is 0 Å². The maximum Gasteiger partial charge on any atom is 0.402 e. The van der Waals surface area contributed by atoms with E-state index in [0.29, 0.717) is 0 Å². The van der Waals surface area contributed by atoms with Gasteiger partial charge in [-0.2, -0.15) is 26.3 Å². The molecule has 32 heavy (non-hydrogen) atoms. The topological polar surface area (TPSA) is 69.7 Å². The van der Waals surface area contributed by atoms with E-state index in [4.69, 9.17) is 0 Å². The highest BCUT2D eigenvalue weighted by atomic mass is 19.4. The number of alkyl halides is 6. The van der Waals surface area contributed by atoms with Crippen LogP contribution in [0.25, 0.3) is 0 Å². The monoisotopic (exact) mass is 462 g/mol. The summed E-state index contributed by atoms with van der Waals surface area (Å²) in [4.78, 5) is 34.5. The number of ether oxygens (including phenoxy) is 2. The van der Waals surface area contributed by atoms with Crippen LogP contribution in [0.3, 0.4) is 0 Å². The lowest BCUT2D eigenvalue weighted by Crippen LogP contribution is -2.38. The molecule has 0 aliphatic carbocycles. The molecule has 0 heterocycles. The number of benzene rings is 2. The van der Waals surface area contributed by atoms with Crippen LogP contribution in [-0.2, 0) is 14.4 Å². The Morgan fingerprint density at radius 1 is 0.625 bits per heavy atom. The Balaban J connectivity index is 2.48.